The minimum atomic E-state index is 0.0721. The number of amides is 1. The highest BCUT2D eigenvalue weighted by Gasteiger charge is 2.19. The number of rotatable bonds is 9. The lowest BCUT2D eigenvalue weighted by Crippen LogP contribution is -2.32. The van der Waals surface area contributed by atoms with E-state index in [1.807, 2.05) is 61.2 Å². The topological polar surface area (TPSA) is 63.9 Å². The lowest BCUT2D eigenvalue weighted by atomic mass is 10.2. The van der Waals surface area contributed by atoms with Crippen molar-refractivity contribution in [2.24, 2.45) is 0 Å². The van der Waals surface area contributed by atoms with Crippen molar-refractivity contribution in [3.8, 4) is 0 Å². The monoisotopic (exact) mass is 483 g/mol. The van der Waals surface area contributed by atoms with Gasteiger partial charge in [0.1, 0.15) is 5.82 Å². The van der Waals surface area contributed by atoms with Gasteiger partial charge in [-0.25, -0.2) is 4.98 Å². The number of hydrogen-bond acceptors (Lipinski definition) is 7. The minimum Gasteiger partial charge on any atom is -0.312 e. The Morgan fingerprint density at radius 2 is 1.84 bits per heavy atom. The maximum Gasteiger partial charge on any atom is 0.237 e. The number of anilines is 1. The fourth-order valence-corrected chi connectivity index (χ4v) is 6.35. The van der Waals surface area contributed by atoms with Gasteiger partial charge >= 0.3 is 0 Å². The molecule has 4 rings (SSSR count). The van der Waals surface area contributed by atoms with Crippen LogP contribution in [0.1, 0.15) is 25.2 Å². The molecule has 4 aromatic rings. The van der Waals surface area contributed by atoms with Gasteiger partial charge in [0, 0.05) is 18.8 Å². The number of hydrogen-bond donors (Lipinski definition) is 0. The van der Waals surface area contributed by atoms with Gasteiger partial charge in [0.25, 0.3) is 0 Å². The fraction of sp³-hybridized carbons (Fsp3) is 0.304. The average molecular weight is 484 g/mol. The van der Waals surface area contributed by atoms with E-state index in [-0.39, 0.29) is 5.91 Å². The van der Waals surface area contributed by atoms with Crippen LogP contribution in [0.5, 0.6) is 0 Å². The van der Waals surface area contributed by atoms with E-state index in [0.29, 0.717) is 18.1 Å². The molecule has 0 fully saturated rings. The van der Waals surface area contributed by atoms with Crippen molar-refractivity contribution in [1.82, 2.24) is 19.7 Å². The van der Waals surface area contributed by atoms with Crippen LogP contribution in [0.2, 0.25) is 0 Å². The zero-order valence-corrected chi connectivity index (χ0v) is 20.8. The summed E-state index contributed by atoms with van der Waals surface area (Å²) in [5, 5.41) is 9.54. The third-order valence-electron chi connectivity index (χ3n) is 5.06. The van der Waals surface area contributed by atoms with Gasteiger partial charge in [0.05, 0.1) is 21.7 Å². The van der Waals surface area contributed by atoms with Crippen molar-refractivity contribution in [1.29, 1.82) is 0 Å². The molecule has 0 saturated carbocycles. The molecule has 166 valence electrons. The standard InChI is InChI=1S/C23H25N5OS3/c1-4-27(18-12-8-6-10-16(18)3)21(29)15-30-22-26-25-20(28(22)5-2)14-31-23-24-17-11-7-9-13-19(17)32-23/h6-13H,4-5,14-15H2,1-3H3. The van der Waals surface area contributed by atoms with E-state index < -0.39 is 0 Å². The van der Waals surface area contributed by atoms with Gasteiger partial charge in [-0.1, -0.05) is 53.9 Å². The zero-order chi connectivity index (χ0) is 22.5. The van der Waals surface area contributed by atoms with Crippen LogP contribution in [0.25, 0.3) is 10.2 Å². The SMILES string of the molecule is CCN(C(=O)CSc1nnc(CSc2nc3ccccc3s2)n1CC)c1ccccc1C. The van der Waals surface area contributed by atoms with Gasteiger partial charge in [-0.15, -0.1) is 21.5 Å². The van der Waals surface area contributed by atoms with E-state index in [1.54, 1.807) is 23.1 Å². The summed E-state index contributed by atoms with van der Waals surface area (Å²) in [4.78, 5) is 19.5. The molecule has 0 aliphatic heterocycles. The predicted octanol–water partition coefficient (Wildman–Crippen LogP) is 5.65. The number of para-hydroxylation sites is 2. The van der Waals surface area contributed by atoms with Crippen LogP contribution < -0.4 is 4.90 Å². The number of carbonyl (C=O) groups excluding carboxylic acids is 1. The maximum absolute atomic E-state index is 12.9. The Morgan fingerprint density at radius 3 is 2.59 bits per heavy atom. The molecule has 0 aliphatic carbocycles. The van der Waals surface area contributed by atoms with Crippen molar-refractivity contribution >= 4 is 56.7 Å². The zero-order valence-electron chi connectivity index (χ0n) is 18.3. The lowest BCUT2D eigenvalue weighted by molar-refractivity contribution is -0.116. The van der Waals surface area contributed by atoms with Gasteiger partial charge < -0.3 is 9.47 Å². The summed E-state index contributed by atoms with van der Waals surface area (Å²) in [5.41, 5.74) is 3.09. The Morgan fingerprint density at radius 1 is 1.06 bits per heavy atom. The molecule has 2 heterocycles. The van der Waals surface area contributed by atoms with Gasteiger partial charge in [-0.2, -0.15) is 0 Å². The molecule has 32 heavy (non-hydrogen) atoms. The summed E-state index contributed by atoms with van der Waals surface area (Å²) in [6.07, 6.45) is 0. The fourth-order valence-electron chi connectivity index (χ4n) is 3.44. The predicted molar refractivity (Wildman–Crippen MR) is 135 cm³/mol. The second-order valence-corrected chi connectivity index (χ2v) is 10.3. The lowest BCUT2D eigenvalue weighted by Gasteiger charge is -2.22. The first-order valence-corrected chi connectivity index (χ1v) is 13.3. The van der Waals surface area contributed by atoms with Crippen LogP contribution in [0.15, 0.2) is 58.0 Å². The van der Waals surface area contributed by atoms with Crippen molar-refractivity contribution in [3.05, 3.63) is 59.9 Å². The third-order valence-corrected chi connectivity index (χ3v) is 8.18. The van der Waals surface area contributed by atoms with Crippen LogP contribution in [-0.2, 0) is 17.1 Å². The summed E-state index contributed by atoms with van der Waals surface area (Å²) >= 11 is 4.81. The maximum atomic E-state index is 12.9. The second kappa shape index (κ2) is 10.5. The van der Waals surface area contributed by atoms with E-state index in [2.05, 4.69) is 32.7 Å². The number of thioether (sulfide) groups is 2. The minimum absolute atomic E-state index is 0.0721. The number of thiazole rings is 1. The summed E-state index contributed by atoms with van der Waals surface area (Å²) in [5.74, 6) is 1.99. The largest absolute Gasteiger partial charge is 0.312 e. The molecular formula is C23H25N5OS3. The van der Waals surface area contributed by atoms with E-state index in [0.717, 1.165) is 38.6 Å². The van der Waals surface area contributed by atoms with Gasteiger partial charge in [0.15, 0.2) is 9.50 Å². The normalized spacial score (nSPS) is 11.2. The van der Waals surface area contributed by atoms with Crippen molar-refractivity contribution in [3.63, 3.8) is 0 Å². The number of nitrogens with zero attached hydrogens (tertiary/aromatic N) is 5. The Hall–Kier alpha value is -2.36. The van der Waals surface area contributed by atoms with Crippen LogP contribution in [0.3, 0.4) is 0 Å². The molecule has 2 aromatic carbocycles. The molecule has 9 heteroatoms. The summed E-state index contributed by atoms with van der Waals surface area (Å²) < 4.78 is 4.30. The number of fused-ring (bicyclic) bond motifs is 1. The van der Waals surface area contributed by atoms with Crippen LogP contribution in [0, 0.1) is 6.92 Å². The molecule has 0 aliphatic rings. The van der Waals surface area contributed by atoms with Crippen LogP contribution >= 0.6 is 34.9 Å². The second-order valence-electron chi connectivity index (χ2n) is 7.09. The number of aryl methyl sites for hydroxylation is 1. The molecule has 0 atom stereocenters. The highest BCUT2D eigenvalue weighted by Crippen LogP contribution is 2.31. The van der Waals surface area contributed by atoms with Crippen molar-refractivity contribution in [2.45, 2.75) is 42.6 Å². The molecule has 0 radical (unpaired) electrons. The van der Waals surface area contributed by atoms with Gasteiger partial charge in [-0.3, -0.25) is 4.79 Å². The molecule has 2 aromatic heterocycles. The molecule has 0 bridgehead atoms. The van der Waals surface area contributed by atoms with E-state index >= 15 is 0 Å². The highest BCUT2D eigenvalue weighted by atomic mass is 32.2. The first-order valence-electron chi connectivity index (χ1n) is 10.5. The number of benzene rings is 2. The summed E-state index contributed by atoms with van der Waals surface area (Å²) in [6.45, 7) is 7.50. The highest BCUT2D eigenvalue weighted by molar-refractivity contribution is 8.00. The van der Waals surface area contributed by atoms with Crippen molar-refractivity contribution in [2.75, 3.05) is 17.2 Å². The van der Waals surface area contributed by atoms with Crippen molar-refractivity contribution < 1.29 is 4.79 Å². The Balaban J connectivity index is 1.41. The van der Waals surface area contributed by atoms with Gasteiger partial charge in [0.2, 0.25) is 5.91 Å². The van der Waals surface area contributed by atoms with E-state index in [4.69, 9.17) is 0 Å². The Labute approximate surface area is 200 Å². The molecular weight excluding hydrogens is 458 g/mol. The Kier molecular flexibility index (Phi) is 7.49. The molecule has 1 amide bonds. The third kappa shape index (κ3) is 5.00. The van der Waals surface area contributed by atoms with Crippen LogP contribution in [-0.4, -0.2) is 38.0 Å². The quantitative estimate of drug-likeness (QED) is 0.287. The average Bonchev–Trinajstić information content (AvgIpc) is 3.40. The molecule has 0 unspecified atom stereocenters. The first kappa shape index (κ1) is 22.8. The van der Waals surface area contributed by atoms with E-state index in [1.165, 1.54) is 16.5 Å². The Bertz CT molecular complexity index is 1190. The molecule has 0 spiro atoms. The molecule has 0 saturated heterocycles. The van der Waals surface area contributed by atoms with E-state index in [9.17, 15) is 4.79 Å². The summed E-state index contributed by atoms with van der Waals surface area (Å²) in [6, 6.07) is 16.1. The molecule has 0 N–H and O–H groups in total. The first-order chi connectivity index (χ1) is 15.6. The van der Waals surface area contributed by atoms with Gasteiger partial charge in [-0.05, 0) is 44.5 Å². The van der Waals surface area contributed by atoms with Crippen LogP contribution in [0.4, 0.5) is 5.69 Å². The molecule has 6 nitrogen and oxygen atoms in total. The number of carbonyl (C=O) groups is 1. The smallest absolute Gasteiger partial charge is 0.237 e. The summed E-state index contributed by atoms with van der Waals surface area (Å²) in [7, 11) is 0. The number of aromatic nitrogens is 4.